The zero-order valence-corrected chi connectivity index (χ0v) is 16.1. The minimum Gasteiger partial charge on any atom is -0.292 e. The van der Waals surface area contributed by atoms with Crippen molar-refractivity contribution in [3.05, 3.63) is 71.8 Å². The van der Waals surface area contributed by atoms with Crippen LogP contribution in [0, 0.1) is 0 Å². The maximum Gasteiger partial charge on any atom is 0.373 e. The maximum absolute atomic E-state index is 12.0. The van der Waals surface area contributed by atoms with Crippen molar-refractivity contribution in [1.82, 2.24) is 0 Å². The van der Waals surface area contributed by atoms with Gasteiger partial charge in [0.15, 0.2) is 0 Å². The van der Waals surface area contributed by atoms with Crippen molar-refractivity contribution in [2.75, 3.05) is 0 Å². The molecule has 0 N–H and O–H groups in total. The fraction of sp³-hybridized carbons (Fsp3) is 0.364. The molecular weight excluding hydrogens is 360 g/mol. The predicted octanol–water partition coefficient (Wildman–Crippen LogP) is 4.66. The lowest BCUT2D eigenvalue weighted by atomic mass is 9.78. The van der Waals surface area contributed by atoms with Gasteiger partial charge in [0.25, 0.3) is 0 Å². The second-order valence-corrected chi connectivity index (χ2v) is 7.54. The van der Waals surface area contributed by atoms with E-state index < -0.39 is 23.1 Å². The molecule has 2 aromatic carbocycles. The summed E-state index contributed by atoms with van der Waals surface area (Å²) in [5.41, 5.74) is -0.362. The smallest absolute Gasteiger partial charge is 0.292 e. The van der Waals surface area contributed by atoms with Crippen molar-refractivity contribution in [1.29, 1.82) is 0 Å². The van der Waals surface area contributed by atoms with Crippen molar-refractivity contribution in [3.8, 4) is 0 Å². The topological polar surface area (TPSA) is 71.1 Å². The molecule has 0 saturated heterocycles. The Labute approximate surface area is 164 Å². The standard InChI is InChI=1S/C22H24O6/c1-21(27-25-19(23)17-9-5-3-6-10-17)13-15-22(2,16-14-21)28-26-20(24)18-11-7-4-8-12-18/h3-12H,13-16H2,1-2H3. The van der Waals surface area contributed by atoms with Gasteiger partial charge in [0.1, 0.15) is 11.2 Å². The third kappa shape index (κ3) is 5.18. The SMILES string of the molecule is CC1(OOC(=O)c2ccccc2)CCC(C)(OOC(=O)c2ccccc2)CC1. The number of carbonyl (C=O) groups is 2. The highest BCUT2D eigenvalue weighted by atomic mass is 17.2. The molecule has 0 aromatic heterocycles. The molecule has 6 heteroatoms. The molecule has 6 nitrogen and oxygen atoms in total. The molecular formula is C22H24O6. The predicted molar refractivity (Wildman–Crippen MR) is 101 cm³/mol. The number of benzene rings is 2. The first-order valence-corrected chi connectivity index (χ1v) is 9.29. The van der Waals surface area contributed by atoms with E-state index in [1.54, 1.807) is 48.5 Å². The van der Waals surface area contributed by atoms with Crippen LogP contribution >= 0.6 is 0 Å². The van der Waals surface area contributed by atoms with Gasteiger partial charge in [-0.05, 0) is 63.8 Å². The zero-order valence-electron chi connectivity index (χ0n) is 16.1. The highest BCUT2D eigenvalue weighted by Crippen LogP contribution is 2.39. The van der Waals surface area contributed by atoms with Crippen molar-refractivity contribution < 1.29 is 29.1 Å². The second kappa shape index (κ2) is 8.54. The lowest BCUT2D eigenvalue weighted by Crippen LogP contribution is -2.43. The normalized spacial score (nSPS) is 24.4. The Morgan fingerprint density at radius 1 is 0.643 bits per heavy atom. The van der Waals surface area contributed by atoms with E-state index in [0.29, 0.717) is 36.8 Å². The van der Waals surface area contributed by atoms with Crippen molar-refractivity contribution >= 4 is 11.9 Å². The molecule has 1 aliphatic rings. The molecule has 28 heavy (non-hydrogen) atoms. The van der Waals surface area contributed by atoms with Crippen LogP contribution in [0.4, 0.5) is 0 Å². The Bertz CT molecular complexity index is 725. The lowest BCUT2D eigenvalue weighted by Gasteiger charge is -2.39. The quantitative estimate of drug-likeness (QED) is 0.533. The van der Waals surface area contributed by atoms with Crippen LogP contribution < -0.4 is 0 Å². The third-order valence-electron chi connectivity index (χ3n) is 5.02. The number of rotatable bonds is 6. The van der Waals surface area contributed by atoms with Crippen molar-refractivity contribution in [2.45, 2.75) is 50.7 Å². The van der Waals surface area contributed by atoms with Crippen molar-refractivity contribution in [3.63, 3.8) is 0 Å². The summed E-state index contributed by atoms with van der Waals surface area (Å²) in [5.74, 6) is -1.05. The minimum atomic E-state index is -0.614. The first-order valence-electron chi connectivity index (χ1n) is 9.29. The largest absolute Gasteiger partial charge is 0.373 e. The van der Waals surface area contributed by atoms with E-state index in [-0.39, 0.29) is 0 Å². The molecule has 1 saturated carbocycles. The van der Waals surface area contributed by atoms with E-state index in [0.717, 1.165) is 0 Å². The maximum atomic E-state index is 12.0. The first-order chi connectivity index (χ1) is 13.4. The second-order valence-electron chi connectivity index (χ2n) is 7.54. The average molecular weight is 384 g/mol. The Hall–Kier alpha value is -2.70. The van der Waals surface area contributed by atoms with E-state index in [1.807, 2.05) is 26.0 Å². The molecule has 1 fully saturated rings. The summed E-state index contributed by atoms with van der Waals surface area (Å²) in [6.07, 6.45) is 2.37. The van der Waals surface area contributed by atoms with Gasteiger partial charge < -0.3 is 0 Å². The summed E-state index contributed by atoms with van der Waals surface area (Å²) in [4.78, 5) is 45.1. The van der Waals surface area contributed by atoms with Gasteiger partial charge in [-0.3, -0.25) is 9.78 Å². The summed E-state index contributed by atoms with van der Waals surface area (Å²) in [7, 11) is 0. The lowest BCUT2D eigenvalue weighted by molar-refractivity contribution is -0.352. The van der Waals surface area contributed by atoms with Crippen LogP contribution in [0.3, 0.4) is 0 Å². The van der Waals surface area contributed by atoms with E-state index in [2.05, 4.69) is 0 Å². The Morgan fingerprint density at radius 3 is 1.29 bits per heavy atom. The molecule has 0 bridgehead atoms. The van der Waals surface area contributed by atoms with Gasteiger partial charge in [0, 0.05) is 0 Å². The number of carbonyl (C=O) groups excluding carboxylic acids is 2. The summed E-state index contributed by atoms with van der Waals surface area (Å²) < 4.78 is 0. The summed E-state index contributed by atoms with van der Waals surface area (Å²) in [6.45, 7) is 3.78. The Balaban J connectivity index is 1.47. The van der Waals surface area contributed by atoms with Gasteiger partial charge in [-0.2, -0.15) is 9.78 Å². The van der Waals surface area contributed by atoms with Crippen LogP contribution in [0.5, 0.6) is 0 Å². The number of hydrogen-bond donors (Lipinski definition) is 0. The molecule has 0 unspecified atom stereocenters. The van der Waals surface area contributed by atoms with Gasteiger partial charge in [-0.25, -0.2) is 9.59 Å². The molecule has 0 amide bonds. The van der Waals surface area contributed by atoms with Gasteiger partial charge in [0.2, 0.25) is 0 Å². The van der Waals surface area contributed by atoms with Gasteiger partial charge in [0.05, 0.1) is 11.1 Å². The van der Waals surface area contributed by atoms with E-state index in [1.165, 1.54) is 0 Å². The molecule has 2 aromatic rings. The van der Waals surface area contributed by atoms with Crippen molar-refractivity contribution in [2.24, 2.45) is 0 Å². The fourth-order valence-electron chi connectivity index (χ4n) is 3.00. The molecule has 3 rings (SSSR count). The van der Waals surface area contributed by atoms with Crippen LogP contribution in [0.15, 0.2) is 60.7 Å². The van der Waals surface area contributed by atoms with Crippen LogP contribution in [0.1, 0.15) is 60.2 Å². The molecule has 148 valence electrons. The Morgan fingerprint density at radius 2 is 0.964 bits per heavy atom. The van der Waals surface area contributed by atoms with E-state index in [9.17, 15) is 9.59 Å². The monoisotopic (exact) mass is 384 g/mol. The van der Waals surface area contributed by atoms with Crippen LogP contribution in [-0.4, -0.2) is 23.1 Å². The number of hydrogen-bond acceptors (Lipinski definition) is 6. The highest BCUT2D eigenvalue weighted by molar-refractivity contribution is 5.89. The Kier molecular flexibility index (Phi) is 6.11. The zero-order chi connectivity index (χ0) is 20.0. The van der Waals surface area contributed by atoms with Gasteiger partial charge >= 0.3 is 11.9 Å². The van der Waals surface area contributed by atoms with E-state index >= 15 is 0 Å². The summed E-state index contributed by atoms with van der Waals surface area (Å²) >= 11 is 0. The molecule has 0 aliphatic heterocycles. The molecule has 0 spiro atoms. The fourth-order valence-corrected chi connectivity index (χ4v) is 3.00. The molecule has 0 radical (unpaired) electrons. The van der Waals surface area contributed by atoms with Crippen LogP contribution in [-0.2, 0) is 19.6 Å². The highest BCUT2D eigenvalue weighted by Gasteiger charge is 2.42. The van der Waals surface area contributed by atoms with Crippen LogP contribution in [0.2, 0.25) is 0 Å². The average Bonchev–Trinajstić information content (AvgIpc) is 2.74. The summed E-state index contributed by atoms with van der Waals surface area (Å²) in [6, 6.07) is 17.4. The first kappa shape index (κ1) is 20.0. The summed E-state index contributed by atoms with van der Waals surface area (Å²) in [5, 5.41) is 0. The van der Waals surface area contributed by atoms with E-state index in [4.69, 9.17) is 19.6 Å². The minimum absolute atomic E-state index is 0.433. The van der Waals surface area contributed by atoms with Gasteiger partial charge in [-0.15, -0.1) is 0 Å². The van der Waals surface area contributed by atoms with Crippen LogP contribution in [0.25, 0.3) is 0 Å². The van der Waals surface area contributed by atoms with Gasteiger partial charge in [-0.1, -0.05) is 36.4 Å². The molecule has 1 aliphatic carbocycles. The third-order valence-corrected chi connectivity index (χ3v) is 5.02. The molecule has 0 atom stereocenters. The molecule has 0 heterocycles.